The summed E-state index contributed by atoms with van der Waals surface area (Å²) >= 11 is 0. The predicted molar refractivity (Wildman–Crippen MR) is 103 cm³/mol. The molecule has 3 rings (SSSR count). The van der Waals surface area contributed by atoms with Crippen molar-refractivity contribution >= 4 is 18.0 Å². The topological polar surface area (TPSA) is 86.6 Å². The number of hydrogen-bond donors (Lipinski definition) is 3. The molecule has 0 saturated carbocycles. The molecule has 3 aromatic rings. The Labute approximate surface area is 156 Å². The second-order valence-electron chi connectivity index (χ2n) is 5.83. The van der Waals surface area contributed by atoms with Crippen molar-refractivity contribution in [2.45, 2.75) is 0 Å². The van der Waals surface area contributed by atoms with E-state index in [-0.39, 0.29) is 11.4 Å². The van der Waals surface area contributed by atoms with Gasteiger partial charge in [-0.25, -0.2) is 4.79 Å². The Hall–Kier alpha value is -3.86. The van der Waals surface area contributed by atoms with Gasteiger partial charge in [0.1, 0.15) is 11.4 Å². The second-order valence-corrected chi connectivity index (χ2v) is 5.83. The summed E-state index contributed by atoms with van der Waals surface area (Å²) in [6.07, 6.45) is 1.38. The molecule has 0 spiro atoms. The van der Waals surface area contributed by atoms with Crippen LogP contribution < -0.4 is 5.32 Å². The number of rotatable bonds is 5. The third-order valence-corrected chi connectivity index (χ3v) is 3.93. The van der Waals surface area contributed by atoms with E-state index in [4.69, 9.17) is 0 Å². The average molecular weight is 359 g/mol. The highest BCUT2D eigenvalue weighted by atomic mass is 16.4. The van der Waals surface area contributed by atoms with E-state index in [0.29, 0.717) is 16.7 Å². The number of carboxylic acid groups (broad SMARTS) is 1. The molecule has 0 fully saturated rings. The number of carbonyl (C=O) groups excluding carboxylic acids is 1. The lowest BCUT2D eigenvalue weighted by Crippen LogP contribution is -2.27. The van der Waals surface area contributed by atoms with Crippen molar-refractivity contribution < 1.29 is 19.8 Å². The van der Waals surface area contributed by atoms with Crippen LogP contribution >= 0.6 is 0 Å². The zero-order valence-electron chi connectivity index (χ0n) is 14.3. The Balaban J connectivity index is 1.91. The van der Waals surface area contributed by atoms with E-state index in [1.165, 1.54) is 6.08 Å². The second kappa shape index (κ2) is 8.01. The molecule has 134 valence electrons. The molecule has 5 nitrogen and oxygen atoms in total. The molecule has 0 unspecified atom stereocenters. The summed E-state index contributed by atoms with van der Waals surface area (Å²) in [6, 6.07) is 22.3. The third kappa shape index (κ3) is 4.41. The smallest absolute Gasteiger partial charge is 0.352 e. The van der Waals surface area contributed by atoms with Gasteiger partial charge in [0, 0.05) is 11.1 Å². The summed E-state index contributed by atoms with van der Waals surface area (Å²) in [5, 5.41) is 21.9. The first-order valence-corrected chi connectivity index (χ1v) is 8.24. The van der Waals surface area contributed by atoms with Crippen molar-refractivity contribution in [1.29, 1.82) is 0 Å². The van der Waals surface area contributed by atoms with Gasteiger partial charge in [-0.15, -0.1) is 0 Å². The lowest BCUT2D eigenvalue weighted by Gasteiger charge is -2.08. The molecule has 0 aliphatic rings. The monoisotopic (exact) mass is 359 g/mol. The zero-order valence-corrected chi connectivity index (χ0v) is 14.3. The molecule has 0 atom stereocenters. The molecule has 5 heteroatoms. The van der Waals surface area contributed by atoms with E-state index in [2.05, 4.69) is 5.32 Å². The maximum atomic E-state index is 12.2. The molecule has 3 N–H and O–H groups in total. The Morgan fingerprint density at radius 1 is 0.852 bits per heavy atom. The Morgan fingerprint density at radius 3 is 2.26 bits per heavy atom. The number of nitrogens with one attached hydrogen (secondary N) is 1. The Bertz CT molecular complexity index is 1010. The number of aliphatic carboxylic acids is 1. The van der Waals surface area contributed by atoms with Crippen molar-refractivity contribution in [3.63, 3.8) is 0 Å². The highest BCUT2D eigenvalue weighted by Gasteiger charge is 2.13. The third-order valence-electron chi connectivity index (χ3n) is 3.93. The van der Waals surface area contributed by atoms with E-state index >= 15 is 0 Å². The number of phenols is 1. The summed E-state index contributed by atoms with van der Waals surface area (Å²) in [4.78, 5) is 23.8. The van der Waals surface area contributed by atoms with Crippen molar-refractivity contribution in [2.75, 3.05) is 0 Å². The van der Waals surface area contributed by atoms with Crippen LogP contribution in [-0.2, 0) is 4.79 Å². The molecular formula is C22H17NO4. The van der Waals surface area contributed by atoms with Gasteiger partial charge in [0.25, 0.3) is 5.91 Å². The van der Waals surface area contributed by atoms with Gasteiger partial charge in [0.2, 0.25) is 0 Å². The minimum absolute atomic E-state index is 0.134. The Kier molecular flexibility index (Phi) is 5.33. The van der Waals surface area contributed by atoms with E-state index in [1.54, 1.807) is 72.8 Å². The number of hydrogen-bond acceptors (Lipinski definition) is 3. The molecule has 0 heterocycles. The minimum atomic E-state index is -1.24. The largest absolute Gasteiger partial charge is 0.507 e. The lowest BCUT2D eigenvalue weighted by molar-refractivity contribution is -0.132. The van der Waals surface area contributed by atoms with Gasteiger partial charge in [-0.05, 0) is 41.5 Å². The van der Waals surface area contributed by atoms with Crippen LogP contribution in [0.25, 0.3) is 17.2 Å². The fourth-order valence-corrected chi connectivity index (χ4v) is 2.62. The number of para-hydroxylation sites is 1. The zero-order chi connectivity index (χ0) is 19.2. The van der Waals surface area contributed by atoms with Gasteiger partial charge < -0.3 is 15.5 Å². The van der Waals surface area contributed by atoms with Crippen molar-refractivity contribution in [3.05, 3.63) is 95.7 Å². The van der Waals surface area contributed by atoms with Crippen LogP contribution in [0.4, 0.5) is 0 Å². The summed E-state index contributed by atoms with van der Waals surface area (Å²) in [7, 11) is 0. The molecule has 27 heavy (non-hydrogen) atoms. The quantitative estimate of drug-likeness (QED) is 0.603. The highest BCUT2D eigenvalue weighted by Crippen LogP contribution is 2.29. The number of amides is 1. The maximum absolute atomic E-state index is 12.2. The fourth-order valence-electron chi connectivity index (χ4n) is 2.62. The molecule has 0 bridgehead atoms. The predicted octanol–water partition coefficient (Wildman–Crippen LogP) is 3.91. The molecule has 0 saturated heterocycles. The lowest BCUT2D eigenvalue weighted by atomic mass is 10.0. The normalized spacial score (nSPS) is 11.0. The van der Waals surface area contributed by atoms with Gasteiger partial charge in [-0.3, -0.25) is 4.79 Å². The van der Waals surface area contributed by atoms with Gasteiger partial charge >= 0.3 is 5.97 Å². The molecule has 3 aromatic carbocycles. The minimum Gasteiger partial charge on any atom is -0.507 e. The molecular weight excluding hydrogens is 342 g/mol. The Morgan fingerprint density at radius 2 is 1.56 bits per heavy atom. The molecule has 0 aromatic heterocycles. The van der Waals surface area contributed by atoms with E-state index in [9.17, 15) is 19.8 Å². The number of phenolic OH excluding ortho intramolecular Hbond substituents is 1. The summed E-state index contributed by atoms with van der Waals surface area (Å²) < 4.78 is 0. The van der Waals surface area contributed by atoms with Crippen LogP contribution in [0.1, 0.15) is 15.9 Å². The SMILES string of the molecule is O=C(O)C(=Cc1cccc(-c2ccccc2O)c1)NC(=O)c1ccccc1. The molecule has 0 aliphatic heterocycles. The van der Waals surface area contributed by atoms with Gasteiger partial charge in [-0.1, -0.05) is 54.6 Å². The summed E-state index contributed by atoms with van der Waals surface area (Å²) in [6.45, 7) is 0. The fraction of sp³-hybridized carbons (Fsp3) is 0. The van der Waals surface area contributed by atoms with E-state index in [0.717, 1.165) is 5.56 Å². The maximum Gasteiger partial charge on any atom is 0.352 e. The van der Waals surface area contributed by atoms with Crippen LogP contribution in [0.2, 0.25) is 0 Å². The number of aromatic hydroxyl groups is 1. The van der Waals surface area contributed by atoms with Gasteiger partial charge in [-0.2, -0.15) is 0 Å². The van der Waals surface area contributed by atoms with E-state index < -0.39 is 11.9 Å². The van der Waals surface area contributed by atoms with Crippen LogP contribution in [0, 0.1) is 0 Å². The van der Waals surface area contributed by atoms with Crippen molar-refractivity contribution in [3.8, 4) is 16.9 Å². The van der Waals surface area contributed by atoms with E-state index in [1.807, 2.05) is 6.07 Å². The van der Waals surface area contributed by atoms with Crippen LogP contribution in [0.15, 0.2) is 84.6 Å². The number of carboxylic acids is 1. The first kappa shape index (κ1) is 17.9. The molecule has 0 radical (unpaired) electrons. The molecule has 1 amide bonds. The first-order valence-electron chi connectivity index (χ1n) is 8.24. The summed E-state index contributed by atoms with van der Waals surface area (Å²) in [5.74, 6) is -1.61. The number of benzene rings is 3. The van der Waals surface area contributed by atoms with Crippen LogP contribution in [0.5, 0.6) is 5.75 Å². The van der Waals surface area contributed by atoms with Crippen molar-refractivity contribution in [2.24, 2.45) is 0 Å². The average Bonchev–Trinajstić information content (AvgIpc) is 2.68. The van der Waals surface area contributed by atoms with Gasteiger partial charge in [0.05, 0.1) is 0 Å². The van der Waals surface area contributed by atoms with Crippen LogP contribution in [0.3, 0.4) is 0 Å². The first-order chi connectivity index (χ1) is 13.0. The van der Waals surface area contributed by atoms with Gasteiger partial charge in [0.15, 0.2) is 0 Å². The highest BCUT2D eigenvalue weighted by molar-refractivity contribution is 6.02. The number of carbonyl (C=O) groups is 2. The van der Waals surface area contributed by atoms with Crippen molar-refractivity contribution in [1.82, 2.24) is 5.32 Å². The van der Waals surface area contributed by atoms with Crippen LogP contribution in [-0.4, -0.2) is 22.1 Å². The standard InChI is InChI=1S/C22H17NO4/c24-20-12-5-4-11-18(20)17-10-6-7-15(13-17)14-19(22(26)27)23-21(25)16-8-2-1-3-9-16/h1-14,24H,(H,23,25)(H,26,27). The molecule has 0 aliphatic carbocycles. The summed E-state index contributed by atoms with van der Waals surface area (Å²) in [5.41, 5.74) is 2.09.